The van der Waals surface area contributed by atoms with Gasteiger partial charge in [0.25, 0.3) is 0 Å². The summed E-state index contributed by atoms with van der Waals surface area (Å²) in [5.74, 6) is 0.285. The second-order valence-electron chi connectivity index (χ2n) is 8.67. The fourth-order valence-electron chi connectivity index (χ4n) is 2.91. The Labute approximate surface area is 187 Å². The van der Waals surface area contributed by atoms with Crippen molar-refractivity contribution in [2.24, 2.45) is 5.92 Å². The molecule has 0 aliphatic carbocycles. The number of ether oxygens (including phenoxy) is 1. The third kappa shape index (κ3) is 8.92. The number of anilines is 1. The number of benzene rings is 2. The van der Waals surface area contributed by atoms with Gasteiger partial charge < -0.3 is 15.0 Å². The monoisotopic (exact) mass is 444 g/mol. The van der Waals surface area contributed by atoms with Crippen molar-refractivity contribution in [3.63, 3.8) is 0 Å². The summed E-state index contributed by atoms with van der Waals surface area (Å²) in [5.41, 5.74) is 1.99. The van der Waals surface area contributed by atoms with Gasteiger partial charge in [0.2, 0.25) is 5.91 Å². The molecule has 0 bridgehead atoms. The molecule has 0 aromatic heterocycles. The van der Waals surface area contributed by atoms with Crippen LogP contribution in [0, 0.1) is 5.92 Å². The molecule has 0 fully saturated rings. The SMILES string of the molecule is CC(CN(C)C(=O)OC(C)(C)C)C(=O)Nc1cccc(CS(=O)Cc2ccccc2)c1. The first-order valence-corrected chi connectivity index (χ1v) is 11.7. The highest BCUT2D eigenvalue weighted by Crippen LogP contribution is 2.16. The van der Waals surface area contributed by atoms with Gasteiger partial charge in [-0.15, -0.1) is 0 Å². The fraction of sp³-hybridized carbons (Fsp3) is 0.417. The van der Waals surface area contributed by atoms with Gasteiger partial charge >= 0.3 is 6.09 Å². The van der Waals surface area contributed by atoms with Crippen molar-refractivity contribution in [1.29, 1.82) is 0 Å². The highest BCUT2D eigenvalue weighted by atomic mass is 32.2. The average Bonchev–Trinajstić information content (AvgIpc) is 2.67. The Balaban J connectivity index is 1.90. The number of nitrogens with zero attached hydrogens (tertiary/aromatic N) is 1. The van der Waals surface area contributed by atoms with Gasteiger partial charge in [-0.2, -0.15) is 0 Å². The molecule has 0 aliphatic rings. The van der Waals surface area contributed by atoms with Crippen LogP contribution in [0.1, 0.15) is 38.8 Å². The number of amides is 2. The zero-order valence-electron chi connectivity index (χ0n) is 18.9. The van der Waals surface area contributed by atoms with Crippen LogP contribution in [-0.4, -0.2) is 40.3 Å². The second-order valence-corrected chi connectivity index (χ2v) is 10.1. The smallest absolute Gasteiger partial charge is 0.410 e. The normalized spacial score (nSPS) is 13.2. The lowest BCUT2D eigenvalue weighted by molar-refractivity contribution is -0.119. The molecule has 168 valence electrons. The van der Waals surface area contributed by atoms with E-state index in [4.69, 9.17) is 4.74 Å². The summed E-state index contributed by atoms with van der Waals surface area (Å²) < 4.78 is 17.8. The molecule has 6 nitrogen and oxygen atoms in total. The lowest BCUT2D eigenvalue weighted by Gasteiger charge is -2.26. The summed E-state index contributed by atoms with van der Waals surface area (Å²) in [6, 6.07) is 17.1. The van der Waals surface area contributed by atoms with Crippen molar-refractivity contribution in [2.45, 2.75) is 44.8 Å². The Morgan fingerprint density at radius 3 is 2.29 bits per heavy atom. The van der Waals surface area contributed by atoms with Gasteiger partial charge in [0.05, 0.1) is 5.92 Å². The summed E-state index contributed by atoms with van der Waals surface area (Å²) in [6.07, 6.45) is -0.463. The number of carbonyl (C=O) groups is 2. The lowest BCUT2D eigenvalue weighted by atomic mass is 10.1. The maximum Gasteiger partial charge on any atom is 0.410 e. The first-order valence-electron chi connectivity index (χ1n) is 10.3. The first kappa shape index (κ1) is 24.6. The molecule has 0 saturated carbocycles. The molecule has 2 aromatic carbocycles. The molecule has 2 atom stereocenters. The lowest BCUT2D eigenvalue weighted by Crippen LogP contribution is -2.39. The maximum absolute atomic E-state index is 12.6. The van der Waals surface area contributed by atoms with E-state index in [0.717, 1.165) is 11.1 Å². The van der Waals surface area contributed by atoms with Gasteiger partial charge in [-0.05, 0) is 44.0 Å². The summed E-state index contributed by atoms with van der Waals surface area (Å²) in [6.45, 7) is 7.40. The predicted octanol–water partition coefficient (Wildman–Crippen LogP) is 4.58. The van der Waals surface area contributed by atoms with Crippen molar-refractivity contribution < 1.29 is 18.5 Å². The van der Waals surface area contributed by atoms with E-state index < -0.39 is 28.4 Å². The largest absolute Gasteiger partial charge is 0.444 e. The number of rotatable bonds is 8. The van der Waals surface area contributed by atoms with E-state index in [1.54, 1.807) is 40.8 Å². The predicted molar refractivity (Wildman–Crippen MR) is 125 cm³/mol. The van der Waals surface area contributed by atoms with Crippen LogP contribution in [-0.2, 0) is 31.8 Å². The summed E-state index contributed by atoms with van der Waals surface area (Å²) >= 11 is 0. The molecule has 0 spiro atoms. The number of carbonyl (C=O) groups excluding carboxylic acids is 2. The van der Waals surface area contributed by atoms with E-state index in [9.17, 15) is 13.8 Å². The van der Waals surface area contributed by atoms with Crippen LogP contribution in [0.25, 0.3) is 0 Å². The van der Waals surface area contributed by atoms with Crippen LogP contribution in [0.15, 0.2) is 54.6 Å². The zero-order chi connectivity index (χ0) is 23.0. The molecule has 31 heavy (non-hydrogen) atoms. The van der Waals surface area contributed by atoms with Crippen LogP contribution < -0.4 is 5.32 Å². The molecule has 2 amide bonds. The Hall–Kier alpha value is -2.67. The zero-order valence-corrected chi connectivity index (χ0v) is 19.7. The summed E-state index contributed by atoms with van der Waals surface area (Å²) in [7, 11) is 0.567. The summed E-state index contributed by atoms with van der Waals surface area (Å²) in [5, 5.41) is 2.88. The number of hydrogen-bond acceptors (Lipinski definition) is 4. The van der Waals surface area contributed by atoms with Crippen LogP contribution in [0.4, 0.5) is 10.5 Å². The molecular formula is C24H32N2O4S. The van der Waals surface area contributed by atoms with Gasteiger partial charge in [0, 0.05) is 41.6 Å². The molecule has 2 rings (SSSR count). The van der Waals surface area contributed by atoms with Gasteiger partial charge in [-0.1, -0.05) is 49.4 Å². The molecule has 0 radical (unpaired) electrons. The number of nitrogens with one attached hydrogen (secondary N) is 1. The van der Waals surface area contributed by atoms with E-state index in [0.29, 0.717) is 17.2 Å². The first-order chi connectivity index (χ1) is 14.5. The standard InChI is InChI=1S/C24H32N2O4S/c1-18(15-26(5)23(28)30-24(2,3)4)22(27)25-21-13-9-12-20(14-21)17-31(29)16-19-10-7-6-8-11-19/h6-14,18H,15-17H2,1-5H3,(H,25,27). The molecule has 0 aliphatic heterocycles. The topological polar surface area (TPSA) is 75.7 Å². The molecule has 7 heteroatoms. The Morgan fingerprint density at radius 1 is 1.03 bits per heavy atom. The van der Waals surface area contributed by atoms with Crippen LogP contribution >= 0.6 is 0 Å². The molecular weight excluding hydrogens is 412 g/mol. The van der Waals surface area contributed by atoms with Crippen molar-refractivity contribution in [2.75, 3.05) is 18.9 Å². The van der Waals surface area contributed by atoms with E-state index in [1.165, 1.54) is 4.90 Å². The van der Waals surface area contributed by atoms with Crippen LogP contribution in [0.3, 0.4) is 0 Å². The third-order valence-corrected chi connectivity index (χ3v) is 5.70. The average molecular weight is 445 g/mol. The molecule has 0 saturated heterocycles. The van der Waals surface area contributed by atoms with Crippen molar-refractivity contribution in [1.82, 2.24) is 4.90 Å². The van der Waals surface area contributed by atoms with Crippen LogP contribution in [0.2, 0.25) is 0 Å². The minimum Gasteiger partial charge on any atom is -0.444 e. The Morgan fingerprint density at radius 2 is 1.65 bits per heavy atom. The minimum absolute atomic E-state index is 0.196. The van der Waals surface area contributed by atoms with Gasteiger partial charge in [0.15, 0.2) is 0 Å². The van der Waals surface area contributed by atoms with Gasteiger partial charge in [0.1, 0.15) is 5.60 Å². The van der Waals surface area contributed by atoms with Gasteiger partial charge in [-0.3, -0.25) is 9.00 Å². The quantitative estimate of drug-likeness (QED) is 0.647. The highest BCUT2D eigenvalue weighted by Gasteiger charge is 2.23. The Bertz CT molecular complexity index is 909. The van der Waals surface area contributed by atoms with Crippen molar-refractivity contribution in [3.8, 4) is 0 Å². The van der Waals surface area contributed by atoms with Gasteiger partial charge in [-0.25, -0.2) is 4.79 Å². The Kier molecular flexibility index (Phi) is 8.80. The van der Waals surface area contributed by atoms with E-state index >= 15 is 0 Å². The van der Waals surface area contributed by atoms with Crippen molar-refractivity contribution in [3.05, 3.63) is 65.7 Å². The fourth-order valence-corrected chi connectivity index (χ4v) is 4.13. The van der Waals surface area contributed by atoms with Crippen molar-refractivity contribution >= 4 is 28.5 Å². The van der Waals surface area contributed by atoms with E-state index in [1.807, 2.05) is 48.5 Å². The molecule has 2 unspecified atom stereocenters. The summed E-state index contributed by atoms with van der Waals surface area (Å²) in [4.78, 5) is 26.1. The minimum atomic E-state index is -1.04. The van der Waals surface area contributed by atoms with E-state index in [2.05, 4.69) is 5.32 Å². The molecule has 0 heterocycles. The highest BCUT2D eigenvalue weighted by molar-refractivity contribution is 7.83. The maximum atomic E-state index is 12.6. The molecule has 2 aromatic rings. The molecule has 1 N–H and O–H groups in total. The van der Waals surface area contributed by atoms with Crippen LogP contribution in [0.5, 0.6) is 0 Å². The third-order valence-electron chi connectivity index (χ3n) is 4.39. The van der Waals surface area contributed by atoms with E-state index in [-0.39, 0.29) is 12.5 Å². The second kappa shape index (κ2) is 11.1. The number of hydrogen-bond donors (Lipinski definition) is 1.